The Morgan fingerprint density at radius 1 is 0.682 bits per heavy atom. The Hall–Kier alpha value is -5.46. The van der Waals surface area contributed by atoms with E-state index in [1.54, 1.807) is 0 Å². The molecule has 66 heavy (non-hydrogen) atoms. The van der Waals surface area contributed by atoms with Gasteiger partial charge in [0.15, 0.2) is 0 Å². The fourth-order valence-corrected chi connectivity index (χ4v) is 10.8. The summed E-state index contributed by atoms with van der Waals surface area (Å²) in [5.74, 6) is 2.58. The van der Waals surface area contributed by atoms with Crippen molar-refractivity contribution < 1.29 is 24.5 Å². The predicted molar refractivity (Wildman–Crippen MR) is 277 cm³/mol. The molecule has 0 N–H and O–H groups in total. The van der Waals surface area contributed by atoms with Crippen LogP contribution in [0.2, 0.25) is 19.6 Å². The van der Waals surface area contributed by atoms with Gasteiger partial charge in [-0.3, -0.25) is 4.98 Å². The summed E-state index contributed by atoms with van der Waals surface area (Å²) in [4.78, 5) is 14.9. The minimum absolute atomic E-state index is 0. The number of hydrogen-bond donors (Lipinski definition) is 0. The molecular weight excluding hydrogens is 1000 g/mol. The molecule has 0 spiro atoms. The summed E-state index contributed by atoms with van der Waals surface area (Å²) < 4.78 is 8.66. The third kappa shape index (κ3) is 10.1. The van der Waals surface area contributed by atoms with Gasteiger partial charge in [0.1, 0.15) is 0 Å². The summed E-state index contributed by atoms with van der Waals surface area (Å²) in [5.41, 5.74) is 15.5. The van der Waals surface area contributed by atoms with E-state index in [9.17, 15) is 0 Å². The number of fused-ring (bicyclic) bond motifs is 4. The van der Waals surface area contributed by atoms with E-state index in [4.69, 9.17) is 14.4 Å². The van der Waals surface area contributed by atoms with Gasteiger partial charge in [-0.2, -0.15) is 0 Å². The third-order valence-electron chi connectivity index (χ3n) is 12.7. The molecule has 1 radical (unpaired) electrons. The van der Waals surface area contributed by atoms with Crippen LogP contribution in [0.5, 0.6) is 0 Å². The molecule has 0 amide bonds. The SMILES string of the molecule is CC(C)Cc1cc(-c2[c-]cccc2)ncc1[Si](C)(C)C.CCC(CC)c1ccc2c(n1)oc1c[c-]c(-c3nc4ccccc4n3-c3c(C(C)C)cc(-c4ccccc4)cc3C(C)C)cc12.[Ir]. The maximum Gasteiger partial charge on any atom is 0.216 e. The Labute approximate surface area is 407 Å². The molecule has 0 fully saturated rings. The van der Waals surface area contributed by atoms with Crippen molar-refractivity contribution in [2.45, 2.75) is 112 Å². The second kappa shape index (κ2) is 20.6. The van der Waals surface area contributed by atoms with Crippen LogP contribution in [0.1, 0.15) is 108 Å². The minimum Gasteiger partial charge on any atom is -0.486 e. The molecule has 0 aliphatic carbocycles. The van der Waals surface area contributed by atoms with Gasteiger partial charge in [0.2, 0.25) is 5.71 Å². The van der Waals surface area contributed by atoms with Crippen LogP contribution in [0, 0.1) is 18.1 Å². The minimum atomic E-state index is -1.34. The predicted octanol–water partition coefficient (Wildman–Crippen LogP) is 15.9. The van der Waals surface area contributed by atoms with E-state index in [-0.39, 0.29) is 20.1 Å². The molecule has 4 heterocycles. The fraction of sp³-hybridized carbons (Fsp3) is 0.305. The summed E-state index contributed by atoms with van der Waals surface area (Å²) in [6, 6.07) is 49.5. The maximum atomic E-state index is 6.28. The number of para-hydroxylation sites is 2. The molecular formula is C59H64IrN4OSi-2. The fourth-order valence-electron chi connectivity index (χ4n) is 9.21. The van der Waals surface area contributed by atoms with Gasteiger partial charge in [0, 0.05) is 49.0 Å². The van der Waals surface area contributed by atoms with E-state index >= 15 is 0 Å². The molecule has 7 heteroatoms. The largest absolute Gasteiger partial charge is 0.486 e. The number of furan rings is 1. The average Bonchev–Trinajstić information content (AvgIpc) is 3.87. The first-order valence-electron chi connectivity index (χ1n) is 23.7. The maximum absolute atomic E-state index is 6.28. The molecule has 0 saturated carbocycles. The zero-order chi connectivity index (χ0) is 46.0. The quantitative estimate of drug-likeness (QED) is 0.0904. The number of hydrogen-bond acceptors (Lipinski definition) is 4. The van der Waals surface area contributed by atoms with E-state index in [0.29, 0.717) is 29.4 Å². The molecule has 341 valence electrons. The standard InChI is InChI=1S/C41H40N3O.C18H24NSi.Ir/c1-7-27(8-2)35-20-19-31-34-22-29(18-21-38(34)45-41(31)43-35)40-42-36-16-12-13-17-37(36)44(40)39-32(25(3)4)23-30(24-33(39)26(5)6)28-14-10-9-11-15-28;1-14(2)11-16-12-17(15-9-7-6-8-10-15)19-13-18(16)20(3,4)5;/h9-17,19-27H,7-8H2,1-6H3;6-9,12-14H,11H2,1-5H3;/q2*-1;. The Balaban J connectivity index is 0.000000260. The molecule has 0 saturated heterocycles. The molecule has 0 unspecified atom stereocenters. The summed E-state index contributed by atoms with van der Waals surface area (Å²) in [7, 11) is -1.34. The third-order valence-corrected chi connectivity index (χ3v) is 14.7. The Morgan fingerprint density at radius 2 is 1.36 bits per heavy atom. The van der Waals surface area contributed by atoms with Crippen molar-refractivity contribution in [2.75, 3.05) is 0 Å². The summed E-state index contributed by atoms with van der Waals surface area (Å²) in [6.45, 7) is 25.3. The van der Waals surface area contributed by atoms with E-state index in [1.165, 1.54) is 38.7 Å². The zero-order valence-corrected chi connectivity index (χ0v) is 44.0. The van der Waals surface area contributed by atoms with Crippen LogP contribution >= 0.6 is 0 Å². The van der Waals surface area contributed by atoms with E-state index in [0.717, 1.165) is 75.0 Å². The zero-order valence-electron chi connectivity index (χ0n) is 40.6. The van der Waals surface area contributed by atoms with Crippen molar-refractivity contribution in [3.63, 3.8) is 0 Å². The van der Waals surface area contributed by atoms with E-state index in [2.05, 4.69) is 200 Å². The molecule has 0 bridgehead atoms. The van der Waals surface area contributed by atoms with Crippen molar-refractivity contribution in [3.05, 3.63) is 162 Å². The summed E-state index contributed by atoms with van der Waals surface area (Å²) >= 11 is 0. The number of pyridine rings is 2. The molecule has 0 atom stereocenters. The smallest absolute Gasteiger partial charge is 0.216 e. The van der Waals surface area contributed by atoms with Crippen LogP contribution in [0.3, 0.4) is 0 Å². The molecule has 9 rings (SSSR count). The van der Waals surface area contributed by atoms with Crippen molar-refractivity contribution in [2.24, 2.45) is 5.92 Å². The van der Waals surface area contributed by atoms with Gasteiger partial charge >= 0.3 is 0 Å². The molecule has 5 nitrogen and oxygen atoms in total. The number of rotatable bonds is 12. The number of nitrogens with zero attached hydrogens (tertiary/aromatic N) is 4. The second-order valence-electron chi connectivity index (χ2n) is 19.6. The molecule has 9 aromatic rings. The molecule has 0 aliphatic heterocycles. The van der Waals surface area contributed by atoms with Gasteiger partial charge in [-0.25, -0.2) is 4.98 Å². The van der Waals surface area contributed by atoms with E-state index < -0.39 is 8.07 Å². The number of benzene rings is 5. The monoisotopic (exact) mass is 1070 g/mol. The summed E-state index contributed by atoms with van der Waals surface area (Å²) in [5, 5.41) is 3.55. The van der Waals surface area contributed by atoms with Crippen molar-refractivity contribution in [3.8, 4) is 39.5 Å². The molecule has 4 aromatic heterocycles. The Kier molecular flexibility index (Phi) is 15.1. The van der Waals surface area contributed by atoms with Crippen molar-refractivity contribution in [1.82, 2.24) is 19.5 Å². The van der Waals surface area contributed by atoms with Gasteiger partial charge in [-0.15, -0.1) is 59.7 Å². The molecule has 5 aromatic carbocycles. The van der Waals surface area contributed by atoms with Crippen LogP contribution in [0.4, 0.5) is 0 Å². The van der Waals surface area contributed by atoms with Gasteiger partial charge in [0.25, 0.3) is 0 Å². The van der Waals surface area contributed by atoms with E-state index in [1.807, 2.05) is 24.3 Å². The first-order valence-corrected chi connectivity index (χ1v) is 27.2. The Bertz CT molecular complexity index is 3040. The normalized spacial score (nSPS) is 11.9. The van der Waals surface area contributed by atoms with Crippen LogP contribution in [-0.2, 0) is 26.5 Å². The molecule has 0 aliphatic rings. The number of aromatic nitrogens is 4. The van der Waals surface area contributed by atoms with Gasteiger partial charge in [-0.05, 0) is 107 Å². The topological polar surface area (TPSA) is 56.7 Å². The number of imidazole rings is 1. The second-order valence-corrected chi connectivity index (χ2v) is 24.7. The van der Waals surface area contributed by atoms with Crippen molar-refractivity contribution >= 4 is 46.4 Å². The van der Waals surface area contributed by atoms with Crippen molar-refractivity contribution in [1.29, 1.82) is 0 Å². The first kappa shape index (κ1) is 48.5. The van der Waals surface area contributed by atoms with Crippen LogP contribution < -0.4 is 5.19 Å². The summed E-state index contributed by atoms with van der Waals surface area (Å²) in [6.07, 6.45) is 5.36. The van der Waals surface area contributed by atoms with Gasteiger partial charge < -0.3 is 14.0 Å². The van der Waals surface area contributed by atoms with Crippen LogP contribution in [0.25, 0.3) is 72.6 Å². The van der Waals surface area contributed by atoms with Crippen LogP contribution in [0.15, 0.2) is 132 Å². The Morgan fingerprint density at radius 3 is 2.00 bits per heavy atom. The van der Waals surface area contributed by atoms with Crippen LogP contribution in [-0.4, -0.2) is 27.6 Å². The average molecular weight is 1070 g/mol. The first-order chi connectivity index (χ1) is 31.2. The van der Waals surface area contributed by atoms with Gasteiger partial charge in [-0.1, -0.05) is 135 Å². The van der Waals surface area contributed by atoms with Gasteiger partial charge in [0.05, 0.1) is 30.5 Å².